The highest BCUT2D eigenvalue weighted by Crippen LogP contribution is 2.38. The van der Waals surface area contributed by atoms with E-state index < -0.39 is 0 Å². The second kappa shape index (κ2) is 4.53. The molecule has 0 radical (unpaired) electrons. The molecule has 1 aliphatic rings. The molecule has 94 valence electrons. The van der Waals surface area contributed by atoms with E-state index in [0.717, 1.165) is 11.6 Å². The monoisotopic (exact) mass is 242 g/mol. The van der Waals surface area contributed by atoms with Crippen LogP contribution in [0.25, 0.3) is 0 Å². The molecule has 0 amide bonds. The van der Waals surface area contributed by atoms with Crippen molar-refractivity contribution in [2.24, 2.45) is 12.8 Å². The van der Waals surface area contributed by atoms with Crippen LogP contribution < -0.4 is 5.73 Å². The summed E-state index contributed by atoms with van der Waals surface area (Å²) >= 11 is 0. The van der Waals surface area contributed by atoms with E-state index in [0.29, 0.717) is 12.5 Å². The van der Waals surface area contributed by atoms with Crippen LogP contribution in [0.2, 0.25) is 0 Å². The van der Waals surface area contributed by atoms with E-state index in [1.807, 2.05) is 29.9 Å². The van der Waals surface area contributed by atoms with Crippen molar-refractivity contribution in [1.82, 2.24) is 14.8 Å². The van der Waals surface area contributed by atoms with Gasteiger partial charge in [0.15, 0.2) is 5.82 Å². The van der Waals surface area contributed by atoms with Crippen LogP contribution >= 0.6 is 0 Å². The fourth-order valence-corrected chi connectivity index (χ4v) is 2.31. The lowest BCUT2D eigenvalue weighted by Gasteiger charge is -2.13. The maximum Gasteiger partial charge on any atom is 0.154 e. The van der Waals surface area contributed by atoms with Crippen molar-refractivity contribution >= 4 is 0 Å². The number of nitrogens with two attached hydrogens (primary N) is 1. The highest BCUT2D eigenvalue weighted by Gasteiger charge is 2.30. The summed E-state index contributed by atoms with van der Waals surface area (Å²) in [4.78, 5) is 4.69. The van der Waals surface area contributed by atoms with E-state index in [9.17, 15) is 0 Å². The van der Waals surface area contributed by atoms with Gasteiger partial charge in [0, 0.05) is 19.5 Å². The molecule has 1 heterocycles. The zero-order chi connectivity index (χ0) is 12.5. The van der Waals surface area contributed by atoms with Crippen molar-refractivity contribution in [2.45, 2.75) is 24.7 Å². The fraction of sp³-hybridized carbons (Fsp3) is 0.429. The maximum atomic E-state index is 5.93. The molecule has 4 nitrogen and oxygen atoms in total. The Morgan fingerprint density at radius 3 is 2.67 bits per heavy atom. The SMILES string of the molecule is Cn1nc(C2CC2)nc1C(CN)c1ccccc1. The summed E-state index contributed by atoms with van der Waals surface area (Å²) in [5.41, 5.74) is 7.13. The van der Waals surface area contributed by atoms with Gasteiger partial charge in [0.25, 0.3) is 0 Å². The zero-order valence-corrected chi connectivity index (χ0v) is 10.6. The second-order valence-corrected chi connectivity index (χ2v) is 4.93. The molecule has 1 saturated carbocycles. The predicted molar refractivity (Wildman–Crippen MR) is 70.3 cm³/mol. The molecule has 4 heteroatoms. The molecule has 2 aromatic rings. The zero-order valence-electron chi connectivity index (χ0n) is 10.6. The number of nitrogens with zero attached hydrogens (tertiary/aromatic N) is 3. The third-order valence-corrected chi connectivity index (χ3v) is 3.50. The van der Waals surface area contributed by atoms with Crippen LogP contribution in [0, 0.1) is 0 Å². The summed E-state index contributed by atoms with van der Waals surface area (Å²) < 4.78 is 1.89. The first-order valence-electron chi connectivity index (χ1n) is 6.45. The van der Waals surface area contributed by atoms with Crippen molar-refractivity contribution in [2.75, 3.05) is 6.54 Å². The lowest BCUT2D eigenvalue weighted by molar-refractivity contribution is 0.647. The molecule has 0 saturated heterocycles. The molecular formula is C14H18N4. The average Bonchev–Trinajstić information content (AvgIpc) is 3.17. The minimum absolute atomic E-state index is 0.135. The summed E-state index contributed by atoms with van der Waals surface area (Å²) in [5.74, 6) is 2.68. The molecule has 0 bridgehead atoms. The van der Waals surface area contributed by atoms with Crippen molar-refractivity contribution in [1.29, 1.82) is 0 Å². The minimum Gasteiger partial charge on any atom is -0.329 e. The summed E-state index contributed by atoms with van der Waals surface area (Å²) in [7, 11) is 1.96. The van der Waals surface area contributed by atoms with Gasteiger partial charge in [-0.05, 0) is 18.4 Å². The number of hydrogen-bond donors (Lipinski definition) is 1. The number of benzene rings is 1. The summed E-state index contributed by atoms with van der Waals surface area (Å²) in [6, 6.07) is 10.3. The molecule has 2 N–H and O–H groups in total. The first-order chi connectivity index (χ1) is 8.79. The summed E-state index contributed by atoms with van der Waals surface area (Å²) in [5, 5.41) is 4.52. The highest BCUT2D eigenvalue weighted by atomic mass is 15.3. The quantitative estimate of drug-likeness (QED) is 0.889. The minimum atomic E-state index is 0.135. The Morgan fingerprint density at radius 1 is 1.33 bits per heavy atom. The van der Waals surface area contributed by atoms with Crippen LogP contribution in [0.3, 0.4) is 0 Å². The molecule has 1 aromatic carbocycles. The third kappa shape index (κ3) is 2.04. The van der Waals surface area contributed by atoms with Gasteiger partial charge in [0.1, 0.15) is 5.82 Å². The van der Waals surface area contributed by atoms with Gasteiger partial charge in [-0.3, -0.25) is 4.68 Å². The Hall–Kier alpha value is -1.68. The van der Waals surface area contributed by atoms with Crippen LogP contribution in [0.4, 0.5) is 0 Å². The molecule has 3 rings (SSSR count). The molecule has 1 aromatic heterocycles. The van der Waals surface area contributed by atoms with Gasteiger partial charge in [0.2, 0.25) is 0 Å². The Balaban J connectivity index is 1.96. The molecule has 1 fully saturated rings. The van der Waals surface area contributed by atoms with Gasteiger partial charge in [-0.15, -0.1) is 0 Å². The lowest BCUT2D eigenvalue weighted by Crippen LogP contribution is -2.18. The Labute approximate surface area is 107 Å². The molecule has 0 spiro atoms. The first-order valence-corrected chi connectivity index (χ1v) is 6.45. The highest BCUT2D eigenvalue weighted by molar-refractivity contribution is 5.26. The number of aromatic nitrogens is 3. The van der Waals surface area contributed by atoms with Crippen LogP contribution in [0.5, 0.6) is 0 Å². The molecular weight excluding hydrogens is 224 g/mol. The molecule has 18 heavy (non-hydrogen) atoms. The maximum absolute atomic E-state index is 5.93. The summed E-state index contributed by atoms with van der Waals surface area (Å²) in [6.45, 7) is 0.556. The van der Waals surface area contributed by atoms with E-state index in [1.54, 1.807) is 0 Å². The van der Waals surface area contributed by atoms with Crippen LogP contribution in [0.15, 0.2) is 30.3 Å². The van der Waals surface area contributed by atoms with E-state index in [1.165, 1.54) is 18.4 Å². The van der Waals surface area contributed by atoms with E-state index in [4.69, 9.17) is 10.7 Å². The van der Waals surface area contributed by atoms with Gasteiger partial charge in [-0.2, -0.15) is 5.10 Å². The third-order valence-electron chi connectivity index (χ3n) is 3.50. The smallest absolute Gasteiger partial charge is 0.154 e. The number of rotatable bonds is 4. The Bertz CT molecular complexity index is 528. The predicted octanol–water partition coefficient (Wildman–Crippen LogP) is 1.78. The lowest BCUT2D eigenvalue weighted by atomic mass is 9.98. The number of hydrogen-bond acceptors (Lipinski definition) is 3. The number of aryl methyl sites for hydroxylation is 1. The van der Waals surface area contributed by atoms with Crippen molar-refractivity contribution in [3.63, 3.8) is 0 Å². The van der Waals surface area contributed by atoms with Crippen LogP contribution in [0.1, 0.15) is 41.9 Å². The van der Waals surface area contributed by atoms with E-state index >= 15 is 0 Å². The molecule has 1 unspecified atom stereocenters. The van der Waals surface area contributed by atoms with E-state index in [-0.39, 0.29) is 5.92 Å². The normalized spacial score (nSPS) is 16.8. The van der Waals surface area contributed by atoms with Crippen LogP contribution in [-0.2, 0) is 7.05 Å². The molecule has 0 aliphatic heterocycles. The van der Waals surface area contributed by atoms with Gasteiger partial charge in [-0.1, -0.05) is 30.3 Å². The van der Waals surface area contributed by atoms with Crippen LogP contribution in [-0.4, -0.2) is 21.3 Å². The Morgan fingerprint density at radius 2 is 2.06 bits per heavy atom. The molecule has 1 aliphatic carbocycles. The first kappa shape index (κ1) is 11.4. The summed E-state index contributed by atoms with van der Waals surface area (Å²) in [6.07, 6.45) is 2.45. The van der Waals surface area contributed by atoms with Crippen molar-refractivity contribution in [3.8, 4) is 0 Å². The second-order valence-electron chi connectivity index (χ2n) is 4.93. The standard InChI is InChI=1S/C14H18N4/c1-18-14(16-13(17-18)11-7-8-11)12(9-15)10-5-3-2-4-6-10/h2-6,11-12H,7-9,15H2,1H3. The fourth-order valence-electron chi connectivity index (χ4n) is 2.31. The average molecular weight is 242 g/mol. The van der Waals surface area contributed by atoms with Gasteiger partial charge in [0.05, 0.1) is 5.92 Å². The van der Waals surface area contributed by atoms with E-state index in [2.05, 4.69) is 17.2 Å². The molecule has 1 atom stereocenters. The largest absolute Gasteiger partial charge is 0.329 e. The van der Waals surface area contributed by atoms with Gasteiger partial charge >= 0.3 is 0 Å². The van der Waals surface area contributed by atoms with Gasteiger partial charge < -0.3 is 5.73 Å². The van der Waals surface area contributed by atoms with Crippen molar-refractivity contribution < 1.29 is 0 Å². The topological polar surface area (TPSA) is 56.7 Å². The Kier molecular flexibility index (Phi) is 2.88. The van der Waals surface area contributed by atoms with Crippen molar-refractivity contribution in [3.05, 3.63) is 47.5 Å². The van der Waals surface area contributed by atoms with Gasteiger partial charge in [-0.25, -0.2) is 4.98 Å².